The van der Waals surface area contributed by atoms with Crippen LogP contribution >= 0.6 is 11.6 Å². The van der Waals surface area contributed by atoms with Crippen LogP contribution in [0.25, 0.3) is 11.0 Å². The Hall–Kier alpha value is -2.28. The molecule has 1 aliphatic heterocycles. The van der Waals surface area contributed by atoms with Gasteiger partial charge in [0.25, 0.3) is 5.91 Å². The molecule has 0 bridgehead atoms. The van der Waals surface area contributed by atoms with Gasteiger partial charge in [-0.3, -0.25) is 9.78 Å². The average Bonchev–Trinajstić information content (AvgIpc) is 3.00. The van der Waals surface area contributed by atoms with Crippen molar-refractivity contribution in [2.24, 2.45) is 0 Å². The Morgan fingerprint density at radius 1 is 1.07 bits per heavy atom. The largest absolute Gasteiger partial charge is 0.465 e. The van der Waals surface area contributed by atoms with Gasteiger partial charge in [-0.05, 0) is 25.0 Å². The maximum atomic E-state index is 13.2. The summed E-state index contributed by atoms with van der Waals surface area (Å²) in [5.74, 6) is -0.164. The third-order valence-corrected chi connectivity index (χ3v) is 6.06. The van der Waals surface area contributed by atoms with Crippen molar-refractivity contribution in [3.63, 3.8) is 0 Å². The third-order valence-electron chi connectivity index (χ3n) is 5.69. The predicted molar refractivity (Wildman–Crippen MR) is 102 cm³/mol. The van der Waals surface area contributed by atoms with Crippen molar-refractivity contribution in [1.82, 2.24) is 19.4 Å². The summed E-state index contributed by atoms with van der Waals surface area (Å²) in [6, 6.07) is 4.14. The summed E-state index contributed by atoms with van der Waals surface area (Å²) >= 11 is 6.75. The van der Waals surface area contributed by atoms with E-state index in [2.05, 4.69) is 9.55 Å². The van der Waals surface area contributed by atoms with E-state index in [1.165, 1.54) is 24.2 Å². The molecule has 0 aromatic carbocycles. The number of piperazine rings is 1. The highest BCUT2D eigenvalue weighted by molar-refractivity contribution is 6.35. The van der Waals surface area contributed by atoms with E-state index in [4.69, 9.17) is 16.7 Å². The van der Waals surface area contributed by atoms with Gasteiger partial charge in [0.05, 0.1) is 5.52 Å². The maximum Gasteiger partial charge on any atom is 0.407 e. The molecule has 2 amide bonds. The molecule has 3 heterocycles. The van der Waals surface area contributed by atoms with E-state index in [9.17, 15) is 9.59 Å². The Morgan fingerprint density at radius 2 is 1.74 bits per heavy atom. The summed E-state index contributed by atoms with van der Waals surface area (Å²) < 4.78 is 2.09. The number of pyridine rings is 1. The van der Waals surface area contributed by atoms with Gasteiger partial charge in [0.1, 0.15) is 16.2 Å². The molecule has 1 saturated heterocycles. The maximum absolute atomic E-state index is 13.2. The zero-order valence-electron chi connectivity index (χ0n) is 15.1. The molecule has 2 fully saturated rings. The second kappa shape index (κ2) is 7.38. The first-order valence-corrected chi connectivity index (χ1v) is 9.87. The summed E-state index contributed by atoms with van der Waals surface area (Å²) in [4.78, 5) is 31.8. The van der Waals surface area contributed by atoms with Crippen molar-refractivity contribution in [2.45, 2.75) is 38.1 Å². The molecule has 27 heavy (non-hydrogen) atoms. The van der Waals surface area contributed by atoms with Crippen LogP contribution in [-0.2, 0) is 0 Å². The molecular formula is C19H23ClN4O3. The smallest absolute Gasteiger partial charge is 0.407 e. The highest BCUT2D eigenvalue weighted by Crippen LogP contribution is 2.38. The van der Waals surface area contributed by atoms with Crippen LogP contribution in [0.4, 0.5) is 4.79 Å². The standard InChI is InChI=1S/C19H23ClN4O3/c20-17-15(18(25)22-9-11-23(12-10-22)19(26)27)16-14(7-4-8-21-16)24(17)13-5-2-1-3-6-13/h4,7-8,13H,1-3,5-6,9-12H2,(H,26,27). The first-order valence-electron chi connectivity index (χ1n) is 9.49. The normalized spacial score (nSPS) is 18.9. The minimum absolute atomic E-state index is 0.164. The number of carbonyl (C=O) groups is 2. The molecule has 4 rings (SSSR count). The number of fused-ring (bicyclic) bond motifs is 1. The van der Waals surface area contributed by atoms with Gasteiger partial charge in [0.2, 0.25) is 0 Å². The highest BCUT2D eigenvalue weighted by atomic mass is 35.5. The van der Waals surface area contributed by atoms with Gasteiger partial charge in [-0.25, -0.2) is 4.79 Å². The van der Waals surface area contributed by atoms with Crippen molar-refractivity contribution in [2.75, 3.05) is 26.2 Å². The van der Waals surface area contributed by atoms with E-state index in [0.717, 1.165) is 18.4 Å². The van der Waals surface area contributed by atoms with Gasteiger partial charge in [-0.2, -0.15) is 0 Å². The third kappa shape index (κ3) is 3.25. The lowest BCUT2D eigenvalue weighted by molar-refractivity contribution is 0.0626. The zero-order valence-corrected chi connectivity index (χ0v) is 15.9. The Kier molecular flexibility index (Phi) is 4.95. The van der Waals surface area contributed by atoms with Gasteiger partial charge in [-0.15, -0.1) is 0 Å². The molecule has 144 valence electrons. The number of halogens is 1. The highest BCUT2D eigenvalue weighted by Gasteiger charge is 2.31. The first-order chi connectivity index (χ1) is 13.1. The molecule has 1 aliphatic carbocycles. The van der Waals surface area contributed by atoms with Gasteiger partial charge < -0.3 is 19.5 Å². The minimum atomic E-state index is -0.948. The van der Waals surface area contributed by atoms with Crippen LogP contribution in [0.15, 0.2) is 18.3 Å². The minimum Gasteiger partial charge on any atom is -0.465 e. The number of nitrogens with zero attached hydrogens (tertiary/aromatic N) is 4. The zero-order chi connectivity index (χ0) is 19.0. The second-order valence-electron chi connectivity index (χ2n) is 7.26. The van der Waals surface area contributed by atoms with E-state index in [1.54, 1.807) is 11.1 Å². The number of amides is 2. The quantitative estimate of drug-likeness (QED) is 0.849. The number of aromatic nitrogens is 2. The van der Waals surface area contributed by atoms with E-state index >= 15 is 0 Å². The van der Waals surface area contributed by atoms with Gasteiger partial charge in [-0.1, -0.05) is 30.9 Å². The van der Waals surface area contributed by atoms with Crippen molar-refractivity contribution < 1.29 is 14.7 Å². The van der Waals surface area contributed by atoms with Crippen molar-refractivity contribution in [3.8, 4) is 0 Å². The molecule has 0 unspecified atom stereocenters. The molecule has 0 radical (unpaired) electrons. The molecule has 7 nitrogen and oxygen atoms in total. The lowest BCUT2D eigenvalue weighted by atomic mass is 9.95. The van der Waals surface area contributed by atoms with Crippen LogP contribution in [0, 0.1) is 0 Å². The number of carboxylic acid groups (broad SMARTS) is 1. The topological polar surface area (TPSA) is 78.7 Å². The van der Waals surface area contributed by atoms with E-state index in [-0.39, 0.29) is 5.91 Å². The molecule has 0 spiro atoms. The molecule has 1 saturated carbocycles. The Morgan fingerprint density at radius 3 is 2.41 bits per heavy atom. The molecule has 2 aromatic heterocycles. The molecule has 1 N–H and O–H groups in total. The van der Waals surface area contributed by atoms with Crippen LogP contribution in [0.1, 0.15) is 48.5 Å². The van der Waals surface area contributed by atoms with Crippen LogP contribution in [0.5, 0.6) is 0 Å². The SMILES string of the molecule is O=C(O)N1CCN(C(=O)c2c(Cl)n(C3CCCCC3)c3cccnc23)CC1. The molecule has 0 atom stereocenters. The van der Waals surface area contributed by atoms with Crippen LogP contribution in [-0.4, -0.2) is 62.6 Å². The summed E-state index contributed by atoms with van der Waals surface area (Å²) in [6.45, 7) is 1.36. The average molecular weight is 391 g/mol. The molecule has 8 heteroatoms. The first kappa shape index (κ1) is 18.1. The lowest BCUT2D eigenvalue weighted by Gasteiger charge is -2.33. The number of carbonyl (C=O) groups excluding carboxylic acids is 1. The van der Waals surface area contributed by atoms with Gasteiger partial charge in [0, 0.05) is 38.4 Å². The summed E-state index contributed by atoms with van der Waals surface area (Å²) in [6.07, 6.45) is 6.43. The van der Waals surface area contributed by atoms with Gasteiger partial charge >= 0.3 is 6.09 Å². The van der Waals surface area contributed by atoms with Crippen molar-refractivity contribution in [1.29, 1.82) is 0 Å². The van der Waals surface area contributed by atoms with Crippen LogP contribution < -0.4 is 0 Å². The van der Waals surface area contributed by atoms with Crippen LogP contribution in [0.3, 0.4) is 0 Å². The second-order valence-corrected chi connectivity index (χ2v) is 7.62. The fourth-order valence-corrected chi connectivity index (χ4v) is 4.65. The van der Waals surface area contributed by atoms with E-state index < -0.39 is 6.09 Å². The van der Waals surface area contributed by atoms with Crippen molar-refractivity contribution >= 4 is 34.6 Å². The predicted octanol–water partition coefficient (Wildman–Crippen LogP) is 3.63. The fraction of sp³-hybridized carbons (Fsp3) is 0.526. The van der Waals surface area contributed by atoms with Crippen LogP contribution in [0.2, 0.25) is 5.15 Å². The Balaban J connectivity index is 1.68. The molecular weight excluding hydrogens is 368 g/mol. The Labute approximate surface area is 162 Å². The van der Waals surface area contributed by atoms with Crippen molar-refractivity contribution in [3.05, 3.63) is 29.0 Å². The number of rotatable bonds is 2. The summed E-state index contributed by atoms with van der Waals surface area (Å²) in [5, 5.41) is 9.56. The Bertz CT molecular complexity index is 867. The van der Waals surface area contributed by atoms with E-state index in [0.29, 0.717) is 48.5 Å². The molecule has 2 aliphatic rings. The lowest BCUT2D eigenvalue weighted by Crippen LogP contribution is -2.50. The van der Waals surface area contributed by atoms with E-state index in [1.807, 2.05) is 12.1 Å². The fourth-order valence-electron chi connectivity index (χ4n) is 4.25. The summed E-state index contributed by atoms with van der Waals surface area (Å²) in [5.41, 5.74) is 1.99. The monoisotopic (exact) mass is 390 g/mol. The number of hydrogen-bond acceptors (Lipinski definition) is 3. The van der Waals surface area contributed by atoms with Gasteiger partial charge in [0.15, 0.2) is 0 Å². The number of hydrogen-bond donors (Lipinski definition) is 1. The molecule has 2 aromatic rings. The summed E-state index contributed by atoms with van der Waals surface area (Å²) in [7, 11) is 0.